The Morgan fingerprint density at radius 1 is 1.09 bits per heavy atom. The van der Waals surface area contributed by atoms with Crippen molar-refractivity contribution < 1.29 is 14.3 Å². The molecule has 1 atom stereocenters. The van der Waals surface area contributed by atoms with Crippen LogP contribution in [0, 0.1) is 13.8 Å². The average Bonchev–Trinajstić information content (AvgIpc) is 3.15. The monoisotopic (exact) mass is 445 g/mol. The van der Waals surface area contributed by atoms with Crippen molar-refractivity contribution in [2.75, 3.05) is 13.7 Å². The summed E-state index contributed by atoms with van der Waals surface area (Å²) in [5.41, 5.74) is 4.50. The van der Waals surface area contributed by atoms with Gasteiger partial charge in [0, 0.05) is 31.8 Å². The van der Waals surface area contributed by atoms with E-state index >= 15 is 0 Å². The third kappa shape index (κ3) is 4.84. The second-order valence-electron chi connectivity index (χ2n) is 8.21. The summed E-state index contributed by atoms with van der Waals surface area (Å²) in [5.74, 6) is 1.46. The molecule has 0 amide bonds. The van der Waals surface area contributed by atoms with Crippen molar-refractivity contribution in [3.63, 3.8) is 0 Å². The molecule has 4 rings (SSSR count). The Morgan fingerprint density at radius 3 is 2.58 bits per heavy atom. The van der Waals surface area contributed by atoms with Crippen molar-refractivity contribution in [2.45, 2.75) is 33.1 Å². The minimum Gasteiger partial charge on any atom is -0.481 e. The Labute approximate surface area is 192 Å². The van der Waals surface area contributed by atoms with Gasteiger partial charge in [-0.15, -0.1) is 0 Å². The molecule has 0 bridgehead atoms. The summed E-state index contributed by atoms with van der Waals surface area (Å²) in [6, 6.07) is 11.8. The first-order valence-corrected chi connectivity index (χ1v) is 10.8. The number of carbonyl (C=O) groups excluding carboxylic acids is 1. The number of ketones is 1. The van der Waals surface area contributed by atoms with E-state index in [9.17, 15) is 4.79 Å². The van der Waals surface area contributed by atoms with Crippen LogP contribution < -0.4 is 9.47 Å². The predicted octanol–water partition coefficient (Wildman–Crippen LogP) is 4.19. The van der Waals surface area contributed by atoms with E-state index in [2.05, 4.69) is 51.2 Å². The summed E-state index contributed by atoms with van der Waals surface area (Å²) in [6.07, 6.45) is 2.04. The quantitative estimate of drug-likeness (QED) is 0.401. The Kier molecular flexibility index (Phi) is 6.35. The van der Waals surface area contributed by atoms with Crippen LogP contribution >= 0.6 is 0 Å². The van der Waals surface area contributed by atoms with Crippen molar-refractivity contribution in [1.82, 2.24) is 24.7 Å². The first-order valence-electron chi connectivity index (χ1n) is 10.8. The maximum absolute atomic E-state index is 12.5. The van der Waals surface area contributed by atoms with Crippen molar-refractivity contribution in [3.8, 4) is 23.3 Å². The number of aromatic nitrogens is 5. The molecule has 0 saturated heterocycles. The van der Waals surface area contributed by atoms with Gasteiger partial charge in [-0.2, -0.15) is 15.1 Å². The zero-order valence-corrected chi connectivity index (χ0v) is 19.5. The van der Waals surface area contributed by atoms with Crippen LogP contribution in [0.15, 0.2) is 42.6 Å². The van der Waals surface area contributed by atoms with Gasteiger partial charge >= 0.3 is 0 Å². The molecule has 1 aromatic carbocycles. The summed E-state index contributed by atoms with van der Waals surface area (Å²) >= 11 is 0. The molecule has 170 valence electrons. The lowest BCUT2D eigenvalue weighted by Gasteiger charge is -2.12. The fourth-order valence-corrected chi connectivity index (χ4v) is 3.77. The Hall–Kier alpha value is -3.81. The number of hydrogen-bond acceptors (Lipinski definition) is 7. The third-order valence-corrected chi connectivity index (χ3v) is 5.58. The van der Waals surface area contributed by atoms with Crippen LogP contribution in [0.25, 0.3) is 22.6 Å². The summed E-state index contributed by atoms with van der Waals surface area (Å²) in [6.45, 7) is 6.02. The van der Waals surface area contributed by atoms with E-state index in [1.807, 2.05) is 19.9 Å². The number of nitrogens with zero attached hydrogens (tertiary/aromatic N) is 5. The van der Waals surface area contributed by atoms with Gasteiger partial charge in [-0.1, -0.05) is 36.8 Å². The van der Waals surface area contributed by atoms with Crippen molar-refractivity contribution in [2.24, 2.45) is 7.05 Å². The molecule has 0 spiro atoms. The molecule has 0 N–H and O–H groups in total. The number of ether oxygens (including phenoxy) is 2. The van der Waals surface area contributed by atoms with Crippen LogP contribution in [-0.2, 0) is 11.8 Å². The lowest BCUT2D eigenvalue weighted by Crippen LogP contribution is -2.14. The van der Waals surface area contributed by atoms with E-state index in [-0.39, 0.29) is 18.3 Å². The molecule has 0 aliphatic rings. The van der Waals surface area contributed by atoms with Gasteiger partial charge in [-0.05, 0) is 30.9 Å². The number of benzene rings is 1. The molecule has 0 radical (unpaired) electrons. The average molecular weight is 446 g/mol. The number of hydrogen-bond donors (Lipinski definition) is 0. The lowest BCUT2D eigenvalue weighted by atomic mass is 9.95. The normalized spacial score (nSPS) is 12.0. The minimum absolute atomic E-state index is 0.0260. The van der Waals surface area contributed by atoms with Gasteiger partial charge in [-0.25, -0.2) is 9.67 Å². The molecule has 33 heavy (non-hydrogen) atoms. The number of aryl methyl sites for hydroxylation is 3. The zero-order chi connectivity index (χ0) is 23.5. The van der Waals surface area contributed by atoms with Crippen LogP contribution in [0.3, 0.4) is 0 Å². The van der Waals surface area contributed by atoms with Gasteiger partial charge in [-0.3, -0.25) is 4.79 Å². The number of rotatable bonds is 8. The standard InChI is InChI=1S/C25H27N5O3/c1-15-6-8-18(9-7-15)16(2)12-19(31)14-33-21-13-17(3)22-23(29-30(4)25(22)28-21)24-26-11-10-20(27-24)32-5/h6-11,13,16H,12,14H2,1-5H3/t16-/m1/s1. The van der Waals surface area contributed by atoms with E-state index in [4.69, 9.17) is 9.47 Å². The van der Waals surface area contributed by atoms with Crippen LogP contribution in [-0.4, -0.2) is 44.2 Å². The fourth-order valence-electron chi connectivity index (χ4n) is 3.77. The Bertz CT molecular complexity index is 1300. The van der Waals surface area contributed by atoms with E-state index in [0.29, 0.717) is 35.3 Å². The second-order valence-corrected chi connectivity index (χ2v) is 8.21. The van der Waals surface area contributed by atoms with Gasteiger partial charge in [0.25, 0.3) is 0 Å². The molecular weight excluding hydrogens is 418 g/mol. The Balaban J connectivity index is 1.50. The largest absolute Gasteiger partial charge is 0.481 e. The number of pyridine rings is 1. The minimum atomic E-state index is -0.0299. The highest BCUT2D eigenvalue weighted by Crippen LogP contribution is 2.30. The van der Waals surface area contributed by atoms with Crippen LogP contribution in [0.2, 0.25) is 0 Å². The number of methoxy groups -OCH3 is 1. The lowest BCUT2D eigenvalue weighted by molar-refractivity contribution is -0.121. The summed E-state index contributed by atoms with van der Waals surface area (Å²) < 4.78 is 12.6. The first-order chi connectivity index (χ1) is 15.9. The second kappa shape index (κ2) is 9.36. The fraction of sp³-hybridized carbons (Fsp3) is 0.320. The zero-order valence-electron chi connectivity index (χ0n) is 19.5. The molecule has 8 heteroatoms. The van der Waals surface area contributed by atoms with Gasteiger partial charge in [0.2, 0.25) is 11.8 Å². The van der Waals surface area contributed by atoms with Gasteiger partial charge in [0.05, 0.1) is 12.5 Å². The van der Waals surface area contributed by atoms with Crippen molar-refractivity contribution in [3.05, 3.63) is 59.3 Å². The third-order valence-electron chi connectivity index (χ3n) is 5.58. The molecule has 3 aromatic heterocycles. The molecule has 0 aliphatic carbocycles. The molecule has 0 aliphatic heterocycles. The van der Waals surface area contributed by atoms with E-state index in [0.717, 1.165) is 16.5 Å². The molecule has 4 aromatic rings. The van der Waals surface area contributed by atoms with Gasteiger partial charge in [0.15, 0.2) is 17.3 Å². The van der Waals surface area contributed by atoms with E-state index in [1.165, 1.54) is 5.56 Å². The van der Waals surface area contributed by atoms with E-state index < -0.39 is 0 Å². The molecular formula is C25H27N5O3. The van der Waals surface area contributed by atoms with Gasteiger partial charge < -0.3 is 9.47 Å². The predicted molar refractivity (Wildman–Crippen MR) is 126 cm³/mol. The van der Waals surface area contributed by atoms with Crippen molar-refractivity contribution in [1.29, 1.82) is 0 Å². The highest BCUT2D eigenvalue weighted by atomic mass is 16.5. The number of carbonyl (C=O) groups is 1. The van der Waals surface area contributed by atoms with Crippen LogP contribution in [0.1, 0.15) is 36.0 Å². The smallest absolute Gasteiger partial charge is 0.216 e. The summed E-state index contributed by atoms with van der Waals surface area (Å²) in [4.78, 5) is 25.8. The van der Waals surface area contributed by atoms with Gasteiger partial charge in [0.1, 0.15) is 12.3 Å². The van der Waals surface area contributed by atoms with E-state index in [1.54, 1.807) is 31.1 Å². The number of fused-ring (bicyclic) bond motifs is 1. The maximum Gasteiger partial charge on any atom is 0.216 e. The van der Waals surface area contributed by atoms with Crippen LogP contribution in [0.4, 0.5) is 0 Å². The highest BCUT2D eigenvalue weighted by molar-refractivity contribution is 5.92. The van der Waals surface area contributed by atoms with Crippen LogP contribution in [0.5, 0.6) is 11.8 Å². The number of Topliss-reactive ketones (excluding diaryl/α,β-unsaturated/α-hetero) is 1. The SMILES string of the molecule is COc1ccnc(-c2nn(C)c3nc(OCC(=O)C[C@@H](C)c4ccc(C)cc4)cc(C)c23)n1. The summed E-state index contributed by atoms with van der Waals surface area (Å²) in [7, 11) is 3.36. The topological polar surface area (TPSA) is 92.0 Å². The molecule has 0 saturated carbocycles. The molecule has 3 heterocycles. The maximum atomic E-state index is 12.5. The molecule has 0 fully saturated rings. The van der Waals surface area contributed by atoms with Crippen molar-refractivity contribution >= 4 is 16.8 Å². The highest BCUT2D eigenvalue weighted by Gasteiger charge is 2.19. The summed E-state index contributed by atoms with van der Waals surface area (Å²) in [5, 5.41) is 5.39. The first kappa shape index (κ1) is 22.4. The molecule has 0 unspecified atom stereocenters. The molecule has 8 nitrogen and oxygen atoms in total. The Morgan fingerprint density at radius 2 is 1.85 bits per heavy atom.